The summed E-state index contributed by atoms with van der Waals surface area (Å²) in [7, 11) is 0. The van der Waals surface area contributed by atoms with Gasteiger partial charge in [-0.15, -0.1) is 11.3 Å². The third kappa shape index (κ3) is 1.58. The molecule has 0 radical (unpaired) electrons. The van der Waals surface area contributed by atoms with E-state index in [0.29, 0.717) is 6.61 Å². The molecule has 0 N–H and O–H groups in total. The van der Waals surface area contributed by atoms with Gasteiger partial charge in [0.25, 0.3) is 0 Å². The van der Waals surface area contributed by atoms with Crippen LogP contribution < -0.4 is 0 Å². The van der Waals surface area contributed by atoms with E-state index in [9.17, 15) is 0 Å². The number of halogens is 1. The Labute approximate surface area is 85.7 Å². The van der Waals surface area contributed by atoms with Crippen LogP contribution in [0.1, 0.15) is 18.1 Å². The molecule has 0 aromatic carbocycles. The minimum atomic E-state index is -0.108. The molecule has 1 saturated heterocycles. The number of hydrogen-bond acceptors (Lipinski definition) is 3. The molecule has 4 heteroatoms. The third-order valence-corrected chi connectivity index (χ3v) is 3.41. The zero-order valence-corrected chi connectivity index (χ0v) is 8.44. The third-order valence-electron chi connectivity index (χ3n) is 2.21. The smallest absolute Gasteiger partial charge is 0.101 e. The van der Waals surface area contributed by atoms with Crippen LogP contribution in [0.4, 0.5) is 0 Å². The number of nitrogens with zero attached hydrogens (tertiary/aromatic N) is 1. The lowest BCUT2D eigenvalue weighted by Gasteiger charge is -2.11. The molecular weight excluding hydrogens is 206 g/mol. The summed E-state index contributed by atoms with van der Waals surface area (Å²) < 4.78 is 6.22. The van der Waals surface area contributed by atoms with Gasteiger partial charge in [-0.05, 0) is 17.9 Å². The van der Waals surface area contributed by atoms with Gasteiger partial charge in [-0.1, -0.05) is 11.6 Å². The summed E-state index contributed by atoms with van der Waals surface area (Å²) in [6, 6.07) is 4.19. The lowest BCUT2D eigenvalue weighted by molar-refractivity contribution is 0.101. The van der Waals surface area contributed by atoms with Crippen molar-refractivity contribution in [3.63, 3.8) is 0 Å². The Balaban J connectivity index is 2.27. The van der Waals surface area contributed by atoms with Gasteiger partial charge in [0.05, 0.1) is 16.3 Å². The van der Waals surface area contributed by atoms with Crippen LogP contribution in [0.3, 0.4) is 0 Å². The lowest BCUT2D eigenvalue weighted by atomic mass is 9.99. The minimum Gasteiger partial charge on any atom is -0.372 e. The maximum absolute atomic E-state index is 8.86. The van der Waals surface area contributed by atoms with E-state index in [4.69, 9.17) is 21.6 Å². The summed E-state index contributed by atoms with van der Waals surface area (Å²) >= 11 is 7.45. The monoisotopic (exact) mass is 213 g/mol. The molecule has 0 aliphatic carbocycles. The molecule has 1 aliphatic rings. The summed E-state index contributed by atoms with van der Waals surface area (Å²) in [4.78, 5) is 0. The normalized spacial score (nSPS) is 27.4. The largest absolute Gasteiger partial charge is 0.372 e. The van der Waals surface area contributed by atoms with Crippen LogP contribution in [0.25, 0.3) is 0 Å². The molecule has 13 heavy (non-hydrogen) atoms. The van der Waals surface area contributed by atoms with Gasteiger partial charge in [0, 0.05) is 12.2 Å². The number of thiophene rings is 1. The summed E-state index contributed by atoms with van der Waals surface area (Å²) in [5, 5.41) is 10.8. The van der Waals surface area contributed by atoms with Crippen molar-refractivity contribution < 1.29 is 4.74 Å². The van der Waals surface area contributed by atoms with E-state index < -0.39 is 0 Å². The minimum absolute atomic E-state index is 0.0351. The molecule has 0 bridgehead atoms. The summed E-state index contributed by atoms with van der Waals surface area (Å²) in [6.45, 7) is 0.662. The van der Waals surface area contributed by atoms with Crippen LogP contribution in [-0.4, -0.2) is 6.61 Å². The van der Waals surface area contributed by atoms with Crippen molar-refractivity contribution in [2.24, 2.45) is 5.92 Å². The van der Waals surface area contributed by atoms with E-state index in [0.717, 1.165) is 16.3 Å². The standard InChI is InChI=1S/C9H8ClNOS/c10-9-7(2-4-13-9)8-6(5-11)1-3-12-8/h2,4,6,8H,1,3H2. The van der Waals surface area contributed by atoms with Crippen molar-refractivity contribution in [2.45, 2.75) is 12.5 Å². The Hall–Kier alpha value is -0.560. The van der Waals surface area contributed by atoms with E-state index in [-0.39, 0.29) is 12.0 Å². The fourth-order valence-electron chi connectivity index (χ4n) is 1.54. The van der Waals surface area contributed by atoms with Crippen molar-refractivity contribution in [1.82, 2.24) is 0 Å². The SMILES string of the molecule is N#CC1CCOC1c1ccsc1Cl. The first-order chi connectivity index (χ1) is 6.33. The fourth-order valence-corrected chi connectivity index (χ4v) is 2.51. The topological polar surface area (TPSA) is 33.0 Å². The molecule has 1 fully saturated rings. The first-order valence-electron chi connectivity index (χ1n) is 4.07. The van der Waals surface area contributed by atoms with Gasteiger partial charge in [0.1, 0.15) is 6.10 Å². The molecule has 0 spiro atoms. The van der Waals surface area contributed by atoms with Crippen molar-refractivity contribution >= 4 is 22.9 Å². The van der Waals surface area contributed by atoms with E-state index in [1.54, 1.807) is 0 Å². The van der Waals surface area contributed by atoms with Gasteiger partial charge in [0.2, 0.25) is 0 Å². The second kappa shape index (κ2) is 3.67. The molecule has 2 unspecified atom stereocenters. The number of nitriles is 1. The average Bonchev–Trinajstić information content (AvgIpc) is 2.71. The van der Waals surface area contributed by atoms with E-state index >= 15 is 0 Å². The molecule has 0 saturated carbocycles. The molecule has 2 nitrogen and oxygen atoms in total. The maximum Gasteiger partial charge on any atom is 0.101 e. The Morgan fingerprint density at radius 1 is 1.69 bits per heavy atom. The van der Waals surface area contributed by atoms with Gasteiger partial charge >= 0.3 is 0 Å². The highest BCUT2D eigenvalue weighted by atomic mass is 35.5. The Morgan fingerprint density at radius 3 is 3.15 bits per heavy atom. The van der Waals surface area contributed by atoms with Crippen LogP contribution >= 0.6 is 22.9 Å². The molecule has 2 rings (SSSR count). The van der Waals surface area contributed by atoms with Crippen molar-refractivity contribution in [2.75, 3.05) is 6.61 Å². The molecule has 68 valence electrons. The highest BCUT2D eigenvalue weighted by molar-refractivity contribution is 7.14. The first kappa shape index (κ1) is 9.01. The van der Waals surface area contributed by atoms with Crippen molar-refractivity contribution in [3.05, 3.63) is 21.3 Å². The predicted octanol–water partition coefficient (Wildman–Crippen LogP) is 3.00. The molecule has 1 aromatic heterocycles. The molecular formula is C9H8ClNOS. The van der Waals surface area contributed by atoms with Gasteiger partial charge in [0.15, 0.2) is 0 Å². The summed E-state index contributed by atoms with van der Waals surface area (Å²) in [5.41, 5.74) is 0.968. The second-order valence-electron chi connectivity index (χ2n) is 2.97. The zero-order chi connectivity index (χ0) is 9.26. The highest BCUT2D eigenvalue weighted by Gasteiger charge is 2.31. The van der Waals surface area contributed by atoms with Crippen LogP contribution in [0.15, 0.2) is 11.4 Å². The van der Waals surface area contributed by atoms with E-state index in [2.05, 4.69) is 6.07 Å². The maximum atomic E-state index is 8.86. The Kier molecular flexibility index (Phi) is 2.54. The van der Waals surface area contributed by atoms with Gasteiger partial charge in [-0.3, -0.25) is 0 Å². The number of hydrogen-bond donors (Lipinski definition) is 0. The van der Waals surface area contributed by atoms with Gasteiger partial charge in [-0.2, -0.15) is 5.26 Å². The van der Waals surface area contributed by atoms with Crippen LogP contribution in [0.5, 0.6) is 0 Å². The first-order valence-corrected chi connectivity index (χ1v) is 5.33. The zero-order valence-electron chi connectivity index (χ0n) is 6.87. The average molecular weight is 214 g/mol. The fraction of sp³-hybridized carbons (Fsp3) is 0.444. The molecule has 1 aromatic rings. The molecule has 1 aliphatic heterocycles. The van der Waals surface area contributed by atoms with Crippen molar-refractivity contribution in [3.8, 4) is 6.07 Å². The Morgan fingerprint density at radius 2 is 2.54 bits per heavy atom. The van der Waals surface area contributed by atoms with E-state index in [1.165, 1.54) is 11.3 Å². The predicted molar refractivity (Wildman–Crippen MR) is 51.7 cm³/mol. The van der Waals surface area contributed by atoms with Gasteiger partial charge < -0.3 is 4.74 Å². The molecule has 2 atom stereocenters. The van der Waals surface area contributed by atoms with Crippen molar-refractivity contribution in [1.29, 1.82) is 5.26 Å². The lowest BCUT2D eigenvalue weighted by Crippen LogP contribution is -2.04. The molecule has 2 heterocycles. The summed E-state index contributed by atoms with van der Waals surface area (Å²) in [6.07, 6.45) is 0.705. The highest BCUT2D eigenvalue weighted by Crippen LogP contribution is 2.39. The van der Waals surface area contributed by atoms with Crippen LogP contribution in [0, 0.1) is 17.2 Å². The van der Waals surface area contributed by atoms with E-state index in [1.807, 2.05) is 11.4 Å². The molecule has 0 amide bonds. The number of ether oxygens (including phenoxy) is 1. The summed E-state index contributed by atoms with van der Waals surface area (Å²) in [5.74, 6) is -0.0351. The number of rotatable bonds is 1. The van der Waals surface area contributed by atoms with Crippen LogP contribution in [-0.2, 0) is 4.74 Å². The second-order valence-corrected chi connectivity index (χ2v) is 4.48. The Bertz CT molecular complexity index is 344. The van der Waals surface area contributed by atoms with Crippen LogP contribution in [0.2, 0.25) is 4.34 Å². The quantitative estimate of drug-likeness (QED) is 0.719. The van der Waals surface area contributed by atoms with Gasteiger partial charge in [-0.25, -0.2) is 0 Å².